The molecule has 1 aromatic heterocycles. The van der Waals surface area contributed by atoms with Crippen LogP contribution in [0.25, 0.3) is 0 Å². The minimum absolute atomic E-state index is 0.125. The van der Waals surface area contributed by atoms with E-state index in [-0.39, 0.29) is 5.75 Å². The lowest BCUT2D eigenvalue weighted by molar-refractivity contribution is 0.220. The van der Waals surface area contributed by atoms with E-state index in [2.05, 4.69) is 0 Å². The van der Waals surface area contributed by atoms with Crippen molar-refractivity contribution in [3.05, 3.63) is 49.9 Å². The molecule has 1 heterocycles. The van der Waals surface area contributed by atoms with Gasteiger partial charge in [-0.15, -0.1) is 11.3 Å². The Kier molecular flexibility index (Phi) is 4.12. The molecule has 0 aliphatic rings. The highest BCUT2D eigenvalue weighted by molar-refractivity contribution is 7.20. The van der Waals surface area contributed by atoms with E-state index in [1.807, 2.05) is 0 Å². The van der Waals surface area contributed by atoms with Crippen molar-refractivity contribution in [1.82, 2.24) is 0 Å². The highest BCUT2D eigenvalue weighted by atomic mass is 35.5. The molecule has 6 heteroatoms. The number of aliphatic hydroxyl groups excluding tert-OH is 1. The summed E-state index contributed by atoms with van der Waals surface area (Å²) in [6.07, 6.45) is -1.01. The first-order valence-corrected chi connectivity index (χ1v) is 6.56. The van der Waals surface area contributed by atoms with E-state index >= 15 is 0 Å². The summed E-state index contributed by atoms with van der Waals surface area (Å²) in [5.41, 5.74) is 0.862. The maximum Gasteiger partial charge on any atom is 0.165 e. The number of hydrogen-bond donors (Lipinski definition) is 1. The van der Waals surface area contributed by atoms with Crippen molar-refractivity contribution >= 4 is 34.5 Å². The van der Waals surface area contributed by atoms with Crippen LogP contribution in [-0.4, -0.2) is 12.2 Å². The van der Waals surface area contributed by atoms with Gasteiger partial charge in [0.1, 0.15) is 10.4 Å². The van der Waals surface area contributed by atoms with E-state index in [1.165, 1.54) is 19.2 Å². The number of thiophene rings is 1. The van der Waals surface area contributed by atoms with Gasteiger partial charge in [-0.3, -0.25) is 0 Å². The second-order valence-corrected chi connectivity index (χ2v) is 5.86. The summed E-state index contributed by atoms with van der Waals surface area (Å²) < 4.78 is 19.2. The van der Waals surface area contributed by atoms with E-state index < -0.39 is 11.9 Å². The zero-order valence-electron chi connectivity index (χ0n) is 9.28. The average Bonchev–Trinajstić information content (AvgIpc) is 2.67. The molecule has 0 aliphatic carbocycles. The Morgan fingerprint density at radius 1 is 1.33 bits per heavy atom. The van der Waals surface area contributed by atoms with Crippen molar-refractivity contribution in [3.63, 3.8) is 0 Å². The van der Waals surface area contributed by atoms with Crippen molar-refractivity contribution in [2.75, 3.05) is 7.11 Å². The predicted molar refractivity (Wildman–Crippen MR) is 71.4 cm³/mol. The van der Waals surface area contributed by atoms with E-state index in [4.69, 9.17) is 27.9 Å². The molecule has 2 aromatic rings. The minimum Gasteiger partial charge on any atom is -0.494 e. The quantitative estimate of drug-likeness (QED) is 0.917. The Bertz CT molecular complexity index is 571. The largest absolute Gasteiger partial charge is 0.494 e. The number of ether oxygens (including phenoxy) is 1. The summed E-state index contributed by atoms with van der Waals surface area (Å²) in [5.74, 6) is -0.410. The Morgan fingerprint density at radius 3 is 2.56 bits per heavy atom. The number of hydrogen-bond acceptors (Lipinski definition) is 3. The Hall–Kier alpha value is -0.810. The van der Waals surface area contributed by atoms with Crippen LogP contribution in [0.5, 0.6) is 5.75 Å². The van der Waals surface area contributed by atoms with Crippen molar-refractivity contribution in [1.29, 1.82) is 0 Å². The molecule has 2 nitrogen and oxygen atoms in total. The van der Waals surface area contributed by atoms with Gasteiger partial charge in [-0.25, -0.2) is 4.39 Å². The van der Waals surface area contributed by atoms with E-state index in [0.29, 0.717) is 19.8 Å². The molecule has 0 saturated carbocycles. The lowest BCUT2D eigenvalue weighted by Crippen LogP contribution is -2.00. The first-order valence-electron chi connectivity index (χ1n) is 4.99. The van der Waals surface area contributed by atoms with Crippen molar-refractivity contribution in [3.8, 4) is 5.75 Å². The highest BCUT2D eigenvalue weighted by Gasteiger charge is 2.18. The molecule has 0 spiro atoms. The fourth-order valence-corrected chi connectivity index (χ4v) is 3.09. The molecule has 96 valence electrons. The lowest BCUT2D eigenvalue weighted by Gasteiger charge is -2.11. The third kappa shape index (κ3) is 2.62. The van der Waals surface area contributed by atoms with Gasteiger partial charge in [-0.05, 0) is 23.8 Å². The van der Waals surface area contributed by atoms with Crippen LogP contribution in [0, 0.1) is 5.82 Å². The second kappa shape index (κ2) is 5.45. The molecule has 0 saturated heterocycles. The van der Waals surface area contributed by atoms with Gasteiger partial charge in [0, 0.05) is 5.56 Å². The van der Waals surface area contributed by atoms with E-state index in [9.17, 15) is 9.50 Å². The van der Waals surface area contributed by atoms with Crippen LogP contribution in [-0.2, 0) is 0 Å². The molecular formula is C12H9Cl2FO2S. The topological polar surface area (TPSA) is 29.5 Å². The summed E-state index contributed by atoms with van der Waals surface area (Å²) in [7, 11) is 1.38. The molecule has 2 rings (SSSR count). The zero-order chi connectivity index (χ0) is 13.3. The number of rotatable bonds is 3. The molecule has 18 heavy (non-hydrogen) atoms. The predicted octanol–water partition coefficient (Wildman–Crippen LogP) is 4.28. The minimum atomic E-state index is -1.01. The van der Waals surface area contributed by atoms with Crippen LogP contribution in [0.4, 0.5) is 4.39 Å². The summed E-state index contributed by atoms with van der Waals surface area (Å²) in [4.78, 5) is 0. The number of aliphatic hydroxyl groups is 1. The van der Waals surface area contributed by atoms with Gasteiger partial charge < -0.3 is 9.84 Å². The van der Waals surface area contributed by atoms with Gasteiger partial charge in [-0.2, -0.15) is 0 Å². The molecule has 0 bridgehead atoms. The van der Waals surface area contributed by atoms with Gasteiger partial charge >= 0.3 is 0 Å². The standard InChI is InChI=1S/C12H9Cl2FO2S/c1-17-9-3-2-6(4-8(9)15)11(16)7-5-10(13)18-12(7)14/h2-5,11,16H,1H3. The number of halogens is 3. The molecule has 0 radical (unpaired) electrons. The Labute approximate surface area is 118 Å². The summed E-state index contributed by atoms with van der Waals surface area (Å²) in [6, 6.07) is 5.82. The normalized spacial score (nSPS) is 12.5. The number of benzene rings is 1. The molecule has 1 atom stereocenters. The second-order valence-electron chi connectivity index (χ2n) is 3.58. The van der Waals surface area contributed by atoms with E-state index in [0.717, 1.165) is 11.3 Å². The van der Waals surface area contributed by atoms with Crippen LogP contribution < -0.4 is 4.74 Å². The molecule has 0 fully saturated rings. The number of methoxy groups -OCH3 is 1. The van der Waals surface area contributed by atoms with Gasteiger partial charge in [0.15, 0.2) is 11.6 Å². The Morgan fingerprint density at radius 2 is 2.06 bits per heavy atom. The molecule has 1 N–H and O–H groups in total. The van der Waals surface area contributed by atoms with Crippen LogP contribution in [0.1, 0.15) is 17.2 Å². The monoisotopic (exact) mass is 306 g/mol. The zero-order valence-corrected chi connectivity index (χ0v) is 11.6. The molecule has 1 aromatic carbocycles. The van der Waals surface area contributed by atoms with Crippen molar-refractivity contribution in [2.45, 2.75) is 6.10 Å². The van der Waals surface area contributed by atoms with Gasteiger partial charge in [0.2, 0.25) is 0 Å². The maximum atomic E-state index is 13.5. The third-order valence-electron chi connectivity index (χ3n) is 2.47. The van der Waals surface area contributed by atoms with Crippen molar-refractivity contribution < 1.29 is 14.2 Å². The van der Waals surface area contributed by atoms with Gasteiger partial charge in [0.05, 0.1) is 11.4 Å². The van der Waals surface area contributed by atoms with Crippen LogP contribution in [0.15, 0.2) is 24.3 Å². The van der Waals surface area contributed by atoms with Crippen LogP contribution in [0.3, 0.4) is 0 Å². The van der Waals surface area contributed by atoms with Crippen LogP contribution in [0.2, 0.25) is 8.67 Å². The van der Waals surface area contributed by atoms with Gasteiger partial charge in [0.25, 0.3) is 0 Å². The van der Waals surface area contributed by atoms with Crippen molar-refractivity contribution in [2.24, 2.45) is 0 Å². The summed E-state index contributed by atoms with van der Waals surface area (Å²) in [5, 5.41) is 10.1. The smallest absolute Gasteiger partial charge is 0.165 e. The Balaban J connectivity index is 2.37. The summed E-state index contributed by atoms with van der Waals surface area (Å²) in [6.45, 7) is 0. The summed E-state index contributed by atoms with van der Waals surface area (Å²) >= 11 is 12.9. The molecule has 1 unspecified atom stereocenters. The average molecular weight is 307 g/mol. The van der Waals surface area contributed by atoms with Crippen LogP contribution >= 0.6 is 34.5 Å². The fraction of sp³-hybridized carbons (Fsp3) is 0.167. The van der Waals surface area contributed by atoms with E-state index in [1.54, 1.807) is 12.1 Å². The first kappa shape index (κ1) is 13.6. The lowest BCUT2D eigenvalue weighted by atomic mass is 10.0. The maximum absolute atomic E-state index is 13.5. The molecular weight excluding hydrogens is 298 g/mol. The highest BCUT2D eigenvalue weighted by Crippen LogP contribution is 2.37. The first-order chi connectivity index (χ1) is 8.52. The third-order valence-corrected chi connectivity index (χ3v) is 3.99. The SMILES string of the molecule is COc1ccc(C(O)c2cc(Cl)sc2Cl)cc1F. The molecule has 0 amide bonds. The van der Waals surface area contributed by atoms with Gasteiger partial charge in [-0.1, -0.05) is 29.3 Å². The molecule has 0 aliphatic heterocycles. The fourth-order valence-electron chi connectivity index (χ4n) is 1.57.